The van der Waals surface area contributed by atoms with Crippen molar-refractivity contribution in [1.29, 1.82) is 0 Å². The summed E-state index contributed by atoms with van der Waals surface area (Å²) in [6, 6.07) is 3.01. The summed E-state index contributed by atoms with van der Waals surface area (Å²) in [4.78, 5) is 9.63. The molecule has 0 saturated carbocycles. The second-order valence-electron chi connectivity index (χ2n) is 2.81. The van der Waals surface area contributed by atoms with E-state index in [4.69, 9.17) is 11.6 Å². The summed E-state index contributed by atoms with van der Waals surface area (Å²) < 4.78 is 37.1. The van der Waals surface area contributed by atoms with E-state index >= 15 is 0 Å². The minimum absolute atomic E-state index is 0.0499. The summed E-state index contributed by atoms with van der Waals surface area (Å²) in [5.41, 5.74) is -0.680. The Morgan fingerprint density at radius 3 is 2.40 bits per heavy atom. The number of rotatable bonds is 2. The van der Waals surface area contributed by atoms with Crippen LogP contribution in [-0.2, 0) is 11.0 Å². The van der Waals surface area contributed by atoms with Gasteiger partial charge in [-0.3, -0.25) is 0 Å². The highest BCUT2D eigenvalue weighted by Gasteiger charge is 2.31. The van der Waals surface area contributed by atoms with Crippen LogP contribution in [0.2, 0.25) is 5.02 Å². The molecule has 0 saturated heterocycles. The molecule has 0 aliphatic carbocycles. The third-order valence-corrected chi connectivity index (χ3v) is 2.65. The molecule has 0 aromatic heterocycles. The van der Waals surface area contributed by atoms with Crippen molar-refractivity contribution in [3.63, 3.8) is 0 Å². The number of hydrogen-bond donors (Lipinski definition) is 0. The minimum Gasteiger partial charge on any atom is -0.302 e. The summed E-state index contributed by atoms with van der Waals surface area (Å²) >= 11 is 8.45. The molecule has 1 aromatic carbocycles. The van der Waals surface area contributed by atoms with Gasteiger partial charge in [0.1, 0.15) is 6.29 Å². The third-order valence-electron chi connectivity index (χ3n) is 1.69. The maximum absolute atomic E-state index is 12.4. The van der Waals surface area contributed by atoms with Gasteiger partial charge in [0.05, 0.1) is 10.4 Å². The van der Waals surface area contributed by atoms with E-state index < -0.39 is 16.6 Å². The fraction of sp³-hybridized carbons (Fsp3) is 0.222. The molecule has 0 fully saturated rings. The summed E-state index contributed by atoms with van der Waals surface area (Å²) in [5, 5.41) is -0.0499. The highest BCUT2D eigenvalue weighted by molar-refractivity contribution is 9.09. The zero-order valence-corrected chi connectivity index (χ0v) is 9.53. The van der Waals surface area contributed by atoms with E-state index in [1.807, 2.05) is 0 Å². The Morgan fingerprint density at radius 1 is 1.33 bits per heavy atom. The Bertz CT molecular complexity index is 378. The van der Waals surface area contributed by atoms with Gasteiger partial charge in [-0.1, -0.05) is 27.5 Å². The fourth-order valence-electron chi connectivity index (χ4n) is 1.01. The molecule has 6 heteroatoms. The van der Waals surface area contributed by atoms with Crippen molar-refractivity contribution in [2.75, 3.05) is 0 Å². The fourth-order valence-corrected chi connectivity index (χ4v) is 1.52. The quantitative estimate of drug-likeness (QED) is 0.596. The molecule has 0 aliphatic rings. The standard InChI is InChI=1S/C9H5BrClF3O/c10-8(4-15)5-1-6(9(12,13)14)3-7(11)2-5/h1-4,8H. The topological polar surface area (TPSA) is 17.1 Å². The van der Waals surface area contributed by atoms with Gasteiger partial charge < -0.3 is 4.79 Å². The van der Waals surface area contributed by atoms with Crippen molar-refractivity contribution in [3.05, 3.63) is 34.3 Å². The minimum atomic E-state index is -4.46. The Labute approximate surface area is 97.4 Å². The zero-order valence-electron chi connectivity index (χ0n) is 7.18. The molecule has 82 valence electrons. The number of halogens is 5. The molecule has 1 nitrogen and oxygen atoms in total. The predicted molar refractivity (Wildman–Crippen MR) is 54.2 cm³/mol. The molecule has 0 bridgehead atoms. The van der Waals surface area contributed by atoms with Crippen LogP contribution in [-0.4, -0.2) is 6.29 Å². The zero-order chi connectivity index (χ0) is 11.6. The van der Waals surface area contributed by atoms with E-state index in [0.29, 0.717) is 6.29 Å². The van der Waals surface area contributed by atoms with E-state index in [2.05, 4.69) is 15.9 Å². The van der Waals surface area contributed by atoms with Crippen LogP contribution >= 0.6 is 27.5 Å². The Morgan fingerprint density at radius 2 is 1.93 bits per heavy atom. The van der Waals surface area contributed by atoms with Crippen molar-refractivity contribution in [2.24, 2.45) is 0 Å². The highest BCUT2D eigenvalue weighted by atomic mass is 79.9. The maximum atomic E-state index is 12.4. The van der Waals surface area contributed by atoms with Crippen LogP contribution in [0, 0.1) is 0 Å². The van der Waals surface area contributed by atoms with Gasteiger partial charge in [0.2, 0.25) is 0 Å². The van der Waals surface area contributed by atoms with E-state index in [1.165, 1.54) is 6.07 Å². The molecule has 1 rings (SSSR count). The van der Waals surface area contributed by atoms with Crippen molar-refractivity contribution < 1.29 is 18.0 Å². The van der Waals surface area contributed by atoms with Crippen LogP contribution in [0.15, 0.2) is 18.2 Å². The van der Waals surface area contributed by atoms with Crippen LogP contribution < -0.4 is 0 Å². The normalized spacial score (nSPS) is 13.7. The lowest BCUT2D eigenvalue weighted by molar-refractivity contribution is -0.137. The first-order valence-electron chi connectivity index (χ1n) is 3.81. The molecule has 0 amide bonds. The first-order valence-corrected chi connectivity index (χ1v) is 5.11. The highest BCUT2D eigenvalue weighted by Crippen LogP contribution is 2.34. The summed E-state index contributed by atoms with van der Waals surface area (Å²) in [6.45, 7) is 0. The van der Waals surface area contributed by atoms with Crippen molar-refractivity contribution in [1.82, 2.24) is 0 Å². The van der Waals surface area contributed by atoms with Crippen molar-refractivity contribution in [3.8, 4) is 0 Å². The molecule has 1 aromatic rings. The smallest absolute Gasteiger partial charge is 0.302 e. The second-order valence-corrected chi connectivity index (χ2v) is 4.23. The number of aldehydes is 1. The molecule has 0 heterocycles. The lowest BCUT2D eigenvalue weighted by Crippen LogP contribution is -2.06. The predicted octanol–water partition coefficient (Wildman–Crippen LogP) is 3.99. The van der Waals surface area contributed by atoms with Gasteiger partial charge in [-0.25, -0.2) is 0 Å². The van der Waals surface area contributed by atoms with Gasteiger partial charge in [0, 0.05) is 5.02 Å². The molecule has 0 aliphatic heterocycles. The van der Waals surface area contributed by atoms with Crippen molar-refractivity contribution in [2.45, 2.75) is 11.0 Å². The number of alkyl halides is 4. The average Bonchev–Trinajstić information content (AvgIpc) is 2.14. The van der Waals surface area contributed by atoms with Gasteiger partial charge in [0.25, 0.3) is 0 Å². The van der Waals surface area contributed by atoms with E-state index in [0.717, 1.165) is 12.1 Å². The van der Waals surface area contributed by atoms with Gasteiger partial charge in [-0.2, -0.15) is 13.2 Å². The molecule has 0 N–H and O–H groups in total. The van der Waals surface area contributed by atoms with Gasteiger partial charge in [-0.05, 0) is 23.8 Å². The van der Waals surface area contributed by atoms with E-state index in [1.54, 1.807) is 0 Å². The summed E-state index contributed by atoms with van der Waals surface area (Å²) in [5.74, 6) is 0. The lowest BCUT2D eigenvalue weighted by atomic mass is 10.1. The van der Waals surface area contributed by atoms with Crippen LogP contribution in [0.1, 0.15) is 16.0 Å². The van der Waals surface area contributed by atoms with Crippen molar-refractivity contribution >= 4 is 33.8 Å². The lowest BCUT2D eigenvalue weighted by Gasteiger charge is -2.10. The molecule has 15 heavy (non-hydrogen) atoms. The Balaban J connectivity index is 3.22. The average molecular weight is 301 g/mol. The first kappa shape index (κ1) is 12.5. The summed E-state index contributed by atoms with van der Waals surface area (Å²) in [6.07, 6.45) is -3.97. The van der Waals surface area contributed by atoms with E-state index in [9.17, 15) is 18.0 Å². The number of hydrogen-bond acceptors (Lipinski definition) is 1. The molecule has 1 atom stereocenters. The van der Waals surface area contributed by atoms with Crippen LogP contribution in [0.5, 0.6) is 0 Å². The summed E-state index contributed by atoms with van der Waals surface area (Å²) in [7, 11) is 0. The molecule has 0 radical (unpaired) electrons. The van der Waals surface area contributed by atoms with Gasteiger partial charge in [-0.15, -0.1) is 0 Å². The maximum Gasteiger partial charge on any atom is 0.416 e. The molecule has 0 spiro atoms. The number of carbonyl (C=O) groups excluding carboxylic acids is 1. The van der Waals surface area contributed by atoms with Gasteiger partial charge in [0.15, 0.2) is 0 Å². The Hall–Kier alpha value is -0.550. The third kappa shape index (κ3) is 3.21. The molecular weight excluding hydrogens is 296 g/mol. The van der Waals surface area contributed by atoms with E-state index in [-0.39, 0.29) is 10.6 Å². The van der Waals surface area contributed by atoms with Crippen LogP contribution in [0.3, 0.4) is 0 Å². The number of carbonyl (C=O) groups is 1. The molecule has 1 unspecified atom stereocenters. The molecular formula is C9H5BrClF3O. The first-order chi connectivity index (χ1) is 6.84. The van der Waals surface area contributed by atoms with Crippen LogP contribution in [0.25, 0.3) is 0 Å². The number of benzene rings is 1. The largest absolute Gasteiger partial charge is 0.416 e. The SMILES string of the molecule is O=CC(Br)c1cc(Cl)cc(C(F)(F)F)c1. The second kappa shape index (κ2) is 4.53. The van der Waals surface area contributed by atoms with Crippen LogP contribution in [0.4, 0.5) is 13.2 Å². The van der Waals surface area contributed by atoms with Gasteiger partial charge >= 0.3 is 6.18 Å². The monoisotopic (exact) mass is 300 g/mol. The Kier molecular flexibility index (Phi) is 3.78.